The summed E-state index contributed by atoms with van der Waals surface area (Å²) < 4.78 is 5.26. The standard InChI is InChI=1S/C13H26N2O/c1-5-8-14-11-13(12-16-4)15(9-6-2)10-7-3/h2,13-14H,5,7-12H2,1,3-4H3. The van der Waals surface area contributed by atoms with E-state index in [0.29, 0.717) is 12.6 Å². The second kappa shape index (κ2) is 10.9. The Balaban J connectivity index is 4.14. The molecule has 0 fully saturated rings. The molecular formula is C13H26N2O. The van der Waals surface area contributed by atoms with Gasteiger partial charge in [-0.2, -0.15) is 0 Å². The van der Waals surface area contributed by atoms with Crippen LogP contribution in [0.2, 0.25) is 0 Å². The first kappa shape index (κ1) is 15.4. The van der Waals surface area contributed by atoms with Crippen LogP contribution in [0.4, 0.5) is 0 Å². The number of ether oxygens (including phenoxy) is 1. The first-order chi connectivity index (χ1) is 7.79. The van der Waals surface area contributed by atoms with Crippen LogP contribution >= 0.6 is 0 Å². The van der Waals surface area contributed by atoms with Crippen LogP contribution in [0.1, 0.15) is 26.7 Å². The smallest absolute Gasteiger partial charge is 0.0630 e. The maximum atomic E-state index is 5.40. The Bertz CT molecular complexity index is 189. The van der Waals surface area contributed by atoms with Crippen molar-refractivity contribution in [3.8, 4) is 12.3 Å². The van der Waals surface area contributed by atoms with Crippen molar-refractivity contribution in [1.29, 1.82) is 0 Å². The first-order valence-corrected chi connectivity index (χ1v) is 6.17. The summed E-state index contributed by atoms with van der Waals surface area (Å²) in [6.07, 6.45) is 7.67. The van der Waals surface area contributed by atoms with Gasteiger partial charge < -0.3 is 10.1 Å². The summed E-state index contributed by atoms with van der Waals surface area (Å²) in [5.74, 6) is 2.72. The molecule has 0 aromatic rings. The van der Waals surface area contributed by atoms with Gasteiger partial charge >= 0.3 is 0 Å². The Morgan fingerprint density at radius 2 is 2.12 bits per heavy atom. The molecule has 1 N–H and O–H groups in total. The van der Waals surface area contributed by atoms with E-state index >= 15 is 0 Å². The minimum atomic E-state index is 0.382. The van der Waals surface area contributed by atoms with E-state index in [9.17, 15) is 0 Å². The number of nitrogens with one attached hydrogen (secondary N) is 1. The highest BCUT2D eigenvalue weighted by molar-refractivity contribution is 4.90. The maximum Gasteiger partial charge on any atom is 0.0630 e. The first-order valence-electron chi connectivity index (χ1n) is 6.17. The predicted octanol–water partition coefficient (Wildman–Crippen LogP) is 1.35. The fraction of sp³-hybridized carbons (Fsp3) is 0.846. The fourth-order valence-corrected chi connectivity index (χ4v) is 1.73. The van der Waals surface area contributed by atoms with Gasteiger partial charge in [-0.1, -0.05) is 19.8 Å². The second-order valence-electron chi connectivity index (χ2n) is 3.99. The molecule has 0 aliphatic carbocycles. The van der Waals surface area contributed by atoms with Crippen LogP contribution in [0.15, 0.2) is 0 Å². The molecule has 0 spiro atoms. The number of hydrogen-bond acceptors (Lipinski definition) is 3. The van der Waals surface area contributed by atoms with Crippen LogP contribution in [0, 0.1) is 12.3 Å². The molecule has 0 rings (SSSR count). The van der Waals surface area contributed by atoms with Gasteiger partial charge in [-0.05, 0) is 25.9 Å². The molecule has 0 heterocycles. The Labute approximate surface area is 101 Å². The lowest BCUT2D eigenvalue weighted by Crippen LogP contribution is -2.45. The minimum Gasteiger partial charge on any atom is -0.383 e. The Morgan fingerprint density at radius 1 is 1.38 bits per heavy atom. The fourth-order valence-electron chi connectivity index (χ4n) is 1.73. The Kier molecular flexibility index (Phi) is 10.6. The summed E-state index contributed by atoms with van der Waals surface area (Å²) in [7, 11) is 1.74. The number of nitrogens with zero attached hydrogens (tertiary/aromatic N) is 1. The zero-order chi connectivity index (χ0) is 12.2. The summed E-state index contributed by atoms with van der Waals surface area (Å²) in [6, 6.07) is 0.382. The van der Waals surface area contributed by atoms with Crippen LogP contribution in [0.25, 0.3) is 0 Å². The zero-order valence-corrected chi connectivity index (χ0v) is 11.0. The third-order valence-electron chi connectivity index (χ3n) is 2.49. The maximum absolute atomic E-state index is 5.40. The molecule has 1 unspecified atom stereocenters. The van der Waals surface area contributed by atoms with Crippen molar-refractivity contribution in [2.75, 3.05) is 39.9 Å². The molecule has 0 aliphatic rings. The van der Waals surface area contributed by atoms with Crippen molar-refractivity contribution in [3.63, 3.8) is 0 Å². The van der Waals surface area contributed by atoms with Gasteiger partial charge in [0.05, 0.1) is 13.2 Å². The summed E-state index contributed by atoms with van der Waals surface area (Å²) in [6.45, 7) is 8.82. The van der Waals surface area contributed by atoms with E-state index in [1.54, 1.807) is 7.11 Å². The van der Waals surface area contributed by atoms with Crippen molar-refractivity contribution in [3.05, 3.63) is 0 Å². The summed E-state index contributed by atoms with van der Waals surface area (Å²) in [4.78, 5) is 2.31. The molecule has 0 aliphatic heterocycles. The lowest BCUT2D eigenvalue weighted by molar-refractivity contribution is 0.0976. The van der Waals surface area contributed by atoms with Gasteiger partial charge in [0.25, 0.3) is 0 Å². The van der Waals surface area contributed by atoms with E-state index in [0.717, 1.165) is 39.1 Å². The molecule has 3 nitrogen and oxygen atoms in total. The lowest BCUT2D eigenvalue weighted by Gasteiger charge is -2.29. The summed E-state index contributed by atoms with van der Waals surface area (Å²) in [5.41, 5.74) is 0. The molecular weight excluding hydrogens is 200 g/mol. The molecule has 0 aromatic heterocycles. The molecule has 16 heavy (non-hydrogen) atoms. The van der Waals surface area contributed by atoms with E-state index in [1.807, 2.05) is 0 Å². The zero-order valence-electron chi connectivity index (χ0n) is 11.0. The molecule has 0 saturated heterocycles. The number of rotatable bonds is 10. The average Bonchev–Trinajstić information content (AvgIpc) is 2.28. The third-order valence-corrected chi connectivity index (χ3v) is 2.49. The Morgan fingerprint density at radius 3 is 2.62 bits per heavy atom. The number of methoxy groups -OCH3 is 1. The van der Waals surface area contributed by atoms with E-state index < -0.39 is 0 Å². The summed E-state index contributed by atoms with van der Waals surface area (Å²) >= 11 is 0. The summed E-state index contributed by atoms with van der Waals surface area (Å²) in [5, 5.41) is 3.43. The minimum absolute atomic E-state index is 0.382. The van der Waals surface area contributed by atoms with Crippen LogP contribution in [-0.4, -0.2) is 50.8 Å². The highest BCUT2D eigenvalue weighted by Crippen LogP contribution is 2.01. The highest BCUT2D eigenvalue weighted by Gasteiger charge is 2.16. The largest absolute Gasteiger partial charge is 0.383 e. The van der Waals surface area contributed by atoms with Gasteiger partial charge in [0.2, 0.25) is 0 Å². The van der Waals surface area contributed by atoms with Crippen LogP contribution < -0.4 is 5.32 Å². The van der Waals surface area contributed by atoms with Crippen LogP contribution in [-0.2, 0) is 4.74 Å². The molecule has 0 aromatic carbocycles. The van der Waals surface area contributed by atoms with Crippen LogP contribution in [0.5, 0.6) is 0 Å². The van der Waals surface area contributed by atoms with Crippen molar-refractivity contribution in [1.82, 2.24) is 10.2 Å². The molecule has 0 radical (unpaired) electrons. The van der Waals surface area contributed by atoms with Crippen molar-refractivity contribution >= 4 is 0 Å². The molecule has 3 heteroatoms. The molecule has 0 saturated carbocycles. The molecule has 0 amide bonds. The van der Waals surface area contributed by atoms with E-state index in [4.69, 9.17) is 11.2 Å². The molecule has 94 valence electrons. The molecule has 1 atom stereocenters. The van der Waals surface area contributed by atoms with E-state index in [2.05, 4.69) is 30.0 Å². The van der Waals surface area contributed by atoms with E-state index in [-0.39, 0.29) is 0 Å². The van der Waals surface area contributed by atoms with E-state index in [1.165, 1.54) is 0 Å². The number of hydrogen-bond donors (Lipinski definition) is 1. The van der Waals surface area contributed by atoms with Gasteiger partial charge in [0.1, 0.15) is 0 Å². The van der Waals surface area contributed by atoms with Crippen molar-refractivity contribution < 1.29 is 4.74 Å². The van der Waals surface area contributed by atoms with Gasteiger partial charge in [-0.15, -0.1) is 6.42 Å². The Hall–Kier alpha value is -0.560. The van der Waals surface area contributed by atoms with Crippen molar-refractivity contribution in [2.45, 2.75) is 32.7 Å². The van der Waals surface area contributed by atoms with Gasteiger partial charge in [-0.25, -0.2) is 0 Å². The molecule has 0 bridgehead atoms. The van der Waals surface area contributed by atoms with Gasteiger partial charge in [0, 0.05) is 19.7 Å². The normalized spacial score (nSPS) is 12.7. The monoisotopic (exact) mass is 226 g/mol. The quantitative estimate of drug-likeness (QED) is 0.449. The third kappa shape index (κ3) is 6.84. The second-order valence-corrected chi connectivity index (χ2v) is 3.99. The predicted molar refractivity (Wildman–Crippen MR) is 69.5 cm³/mol. The SMILES string of the molecule is C#CCN(CCC)C(CNCCC)COC. The van der Waals surface area contributed by atoms with Crippen LogP contribution in [0.3, 0.4) is 0 Å². The van der Waals surface area contributed by atoms with Gasteiger partial charge in [0.15, 0.2) is 0 Å². The van der Waals surface area contributed by atoms with Crippen molar-refractivity contribution in [2.24, 2.45) is 0 Å². The topological polar surface area (TPSA) is 24.5 Å². The average molecular weight is 226 g/mol. The number of terminal acetylenes is 1. The highest BCUT2D eigenvalue weighted by atomic mass is 16.5. The van der Waals surface area contributed by atoms with Gasteiger partial charge in [-0.3, -0.25) is 4.90 Å². The lowest BCUT2D eigenvalue weighted by atomic mass is 10.2.